The minimum atomic E-state index is -1.07. The smallest absolute Gasteiger partial charge is 0.356 e. The van der Waals surface area contributed by atoms with E-state index in [1.165, 1.54) is 7.11 Å². The Kier molecular flexibility index (Phi) is 3.90. The molecular weight excluding hydrogens is 296 g/mol. The van der Waals surface area contributed by atoms with Gasteiger partial charge in [0.15, 0.2) is 5.69 Å². The van der Waals surface area contributed by atoms with Crippen LogP contribution < -0.4 is 0 Å². The number of hydrogen-bond acceptors (Lipinski definition) is 4. The Morgan fingerprint density at radius 2 is 2.17 bits per heavy atom. The lowest BCUT2D eigenvalue weighted by molar-refractivity contribution is -0.145. The van der Waals surface area contributed by atoms with Crippen LogP contribution in [0.2, 0.25) is 0 Å². The number of nitrogens with zero attached hydrogens (tertiary/aromatic N) is 2. The third-order valence-corrected chi connectivity index (χ3v) is 4.16. The standard InChI is InChI=1S/C17H18N2O4/c1-10-5-3-6-11(9-10)15-18-14(16(20)21)12-7-4-8-13(19(12)15)17(22)23-2/h3,5-6,9,13H,4,7-8H2,1-2H3,(H,20,21). The van der Waals surface area contributed by atoms with Crippen LogP contribution in [0.15, 0.2) is 24.3 Å². The zero-order chi connectivity index (χ0) is 16.6. The molecule has 3 rings (SSSR count). The number of carbonyl (C=O) groups is 2. The summed E-state index contributed by atoms with van der Waals surface area (Å²) in [6, 6.07) is 7.13. The van der Waals surface area contributed by atoms with Crippen LogP contribution in [0.4, 0.5) is 0 Å². The van der Waals surface area contributed by atoms with E-state index in [-0.39, 0.29) is 11.7 Å². The molecular formula is C17H18N2O4. The Morgan fingerprint density at radius 3 is 2.83 bits per heavy atom. The number of aromatic carboxylic acids is 1. The lowest BCUT2D eigenvalue weighted by Gasteiger charge is -2.25. The first-order chi connectivity index (χ1) is 11.0. The van der Waals surface area contributed by atoms with Gasteiger partial charge >= 0.3 is 11.9 Å². The number of fused-ring (bicyclic) bond motifs is 1. The zero-order valence-electron chi connectivity index (χ0n) is 13.1. The quantitative estimate of drug-likeness (QED) is 0.881. The van der Waals surface area contributed by atoms with E-state index in [9.17, 15) is 14.7 Å². The molecule has 120 valence electrons. The normalized spacial score (nSPS) is 16.7. The van der Waals surface area contributed by atoms with Gasteiger partial charge in [0.1, 0.15) is 11.9 Å². The number of benzene rings is 1. The van der Waals surface area contributed by atoms with Crippen LogP contribution >= 0.6 is 0 Å². The molecule has 1 aliphatic rings. The molecule has 0 saturated carbocycles. The number of imidazole rings is 1. The number of aryl methyl sites for hydroxylation is 1. The summed E-state index contributed by atoms with van der Waals surface area (Å²) < 4.78 is 6.64. The molecule has 2 heterocycles. The van der Waals surface area contributed by atoms with Gasteiger partial charge in [-0.3, -0.25) is 0 Å². The number of methoxy groups -OCH3 is 1. The highest BCUT2D eigenvalue weighted by Gasteiger charge is 2.34. The van der Waals surface area contributed by atoms with E-state index in [0.29, 0.717) is 24.4 Å². The molecule has 1 aliphatic heterocycles. The van der Waals surface area contributed by atoms with Crippen molar-refractivity contribution in [1.29, 1.82) is 0 Å². The number of aromatic nitrogens is 2. The van der Waals surface area contributed by atoms with Gasteiger partial charge in [-0.2, -0.15) is 0 Å². The molecule has 0 radical (unpaired) electrons. The summed E-state index contributed by atoms with van der Waals surface area (Å²) in [6.45, 7) is 1.96. The number of ether oxygens (including phenoxy) is 1. The maximum absolute atomic E-state index is 12.1. The van der Waals surface area contributed by atoms with Crippen LogP contribution in [0.5, 0.6) is 0 Å². The van der Waals surface area contributed by atoms with Gasteiger partial charge in [-0.05, 0) is 32.3 Å². The highest BCUT2D eigenvalue weighted by Crippen LogP contribution is 2.34. The molecule has 23 heavy (non-hydrogen) atoms. The lowest BCUT2D eigenvalue weighted by atomic mass is 10.0. The van der Waals surface area contributed by atoms with Gasteiger partial charge in [0.05, 0.1) is 12.8 Å². The minimum Gasteiger partial charge on any atom is -0.476 e. The van der Waals surface area contributed by atoms with Crippen molar-refractivity contribution < 1.29 is 19.4 Å². The second-order valence-corrected chi connectivity index (χ2v) is 5.71. The van der Waals surface area contributed by atoms with Crippen molar-refractivity contribution in [3.8, 4) is 11.4 Å². The van der Waals surface area contributed by atoms with Crippen LogP contribution in [0.1, 0.15) is 40.6 Å². The summed E-state index contributed by atoms with van der Waals surface area (Å²) in [4.78, 5) is 28.0. The molecule has 1 unspecified atom stereocenters. The predicted octanol–water partition coefficient (Wildman–Crippen LogP) is 2.61. The first-order valence-corrected chi connectivity index (χ1v) is 7.52. The number of esters is 1. The molecule has 0 bridgehead atoms. The Bertz CT molecular complexity index is 779. The Labute approximate surface area is 133 Å². The first kappa shape index (κ1) is 15.3. The fraction of sp³-hybridized carbons (Fsp3) is 0.353. The molecule has 0 aliphatic carbocycles. The van der Waals surface area contributed by atoms with Crippen molar-refractivity contribution in [2.24, 2.45) is 0 Å². The van der Waals surface area contributed by atoms with Crippen LogP contribution in [0.3, 0.4) is 0 Å². The van der Waals surface area contributed by atoms with Crippen LogP contribution in [-0.4, -0.2) is 33.7 Å². The Hall–Kier alpha value is -2.63. The van der Waals surface area contributed by atoms with E-state index >= 15 is 0 Å². The molecule has 1 aromatic heterocycles. The molecule has 0 fully saturated rings. The average molecular weight is 314 g/mol. The van der Waals surface area contributed by atoms with Gasteiger partial charge in [-0.25, -0.2) is 14.6 Å². The summed E-state index contributed by atoms with van der Waals surface area (Å²) in [7, 11) is 1.35. The molecule has 0 spiro atoms. The summed E-state index contributed by atoms with van der Waals surface area (Å²) in [6.07, 6.45) is 1.95. The average Bonchev–Trinajstić information content (AvgIpc) is 2.94. The fourth-order valence-corrected chi connectivity index (χ4v) is 3.15. The molecule has 1 atom stereocenters. The topological polar surface area (TPSA) is 81.4 Å². The summed E-state index contributed by atoms with van der Waals surface area (Å²) in [5, 5.41) is 9.45. The van der Waals surface area contributed by atoms with Gasteiger partial charge < -0.3 is 14.4 Å². The maximum atomic E-state index is 12.1. The number of carboxylic acid groups (broad SMARTS) is 1. The van der Waals surface area contributed by atoms with Crippen LogP contribution in [-0.2, 0) is 16.0 Å². The summed E-state index contributed by atoms with van der Waals surface area (Å²) in [5.41, 5.74) is 2.46. The zero-order valence-corrected chi connectivity index (χ0v) is 13.1. The van der Waals surface area contributed by atoms with Gasteiger partial charge in [0, 0.05) is 5.56 Å². The maximum Gasteiger partial charge on any atom is 0.356 e. The van der Waals surface area contributed by atoms with Crippen molar-refractivity contribution in [2.75, 3.05) is 7.11 Å². The second-order valence-electron chi connectivity index (χ2n) is 5.71. The summed E-state index contributed by atoms with van der Waals surface area (Å²) >= 11 is 0. The Morgan fingerprint density at radius 1 is 1.39 bits per heavy atom. The van der Waals surface area contributed by atoms with E-state index in [4.69, 9.17) is 4.74 Å². The van der Waals surface area contributed by atoms with E-state index in [2.05, 4.69) is 4.98 Å². The van der Waals surface area contributed by atoms with E-state index in [1.807, 2.05) is 31.2 Å². The first-order valence-electron chi connectivity index (χ1n) is 7.52. The van der Waals surface area contributed by atoms with Gasteiger partial charge in [0.25, 0.3) is 0 Å². The van der Waals surface area contributed by atoms with Gasteiger partial charge in [-0.1, -0.05) is 23.8 Å². The van der Waals surface area contributed by atoms with Crippen molar-refractivity contribution in [3.05, 3.63) is 41.2 Å². The van der Waals surface area contributed by atoms with E-state index in [0.717, 1.165) is 17.5 Å². The molecule has 0 amide bonds. The van der Waals surface area contributed by atoms with E-state index in [1.54, 1.807) is 4.57 Å². The Balaban J connectivity index is 2.24. The largest absolute Gasteiger partial charge is 0.476 e. The van der Waals surface area contributed by atoms with Crippen molar-refractivity contribution in [3.63, 3.8) is 0 Å². The predicted molar refractivity (Wildman–Crippen MR) is 83.4 cm³/mol. The lowest BCUT2D eigenvalue weighted by Crippen LogP contribution is -2.27. The van der Waals surface area contributed by atoms with Gasteiger partial charge in [-0.15, -0.1) is 0 Å². The molecule has 6 heteroatoms. The molecule has 2 aromatic rings. The summed E-state index contributed by atoms with van der Waals surface area (Å²) in [5.74, 6) is -0.927. The third-order valence-electron chi connectivity index (χ3n) is 4.16. The fourth-order valence-electron chi connectivity index (χ4n) is 3.15. The van der Waals surface area contributed by atoms with Gasteiger partial charge in [0.2, 0.25) is 0 Å². The monoisotopic (exact) mass is 314 g/mol. The number of hydrogen-bond donors (Lipinski definition) is 1. The molecule has 1 aromatic carbocycles. The van der Waals surface area contributed by atoms with Crippen LogP contribution in [0, 0.1) is 6.92 Å². The molecule has 6 nitrogen and oxygen atoms in total. The van der Waals surface area contributed by atoms with Crippen molar-refractivity contribution in [1.82, 2.24) is 9.55 Å². The molecule has 0 saturated heterocycles. The number of carboxylic acids is 1. The van der Waals surface area contributed by atoms with Crippen molar-refractivity contribution >= 4 is 11.9 Å². The van der Waals surface area contributed by atoms with E-state index < -0.39 is 12.0 Å². The SMILES string of the molecule is COC(=O)C1CCCc2c(C(=O)O)nc(-c3cccc(C)c3)n21. The second kappa shape index (κ2) is 5.87. The third kappa shape index (κ3) is 2.60. The van der Waals surface area contributed by atoms with Crippen molar-refractivity contribution in [2.45, 2.75) is 32.2 Å². The highest BCUT2D eigenvalue weighted by molar-refractivity contribution is 5.88. The molecule has 1 N–H and O–H groups in total. The minimum absolute atomic E-state index is 0.0232. The van der Waals surface area contributed by atoms with Crippen LogP contribution in [0.25, 0.3) is 11.4 Å². The number of rotatable bonds is 3. The number of carbonyl (C=O) groups excluding carboxylic acids is 1. The highest BCUT2D eigenvalue weighted by atomic mass is 16.5.